The molecule has 0 atom stereocenters. The van der Waals surface area contributed by atoms with Gasteiger partial charge in [-0.15, -0.1) is 0 Å². The molecular formula is C29H29FN4O2S. The number of benzene rings is 3. The van der Waals surface area contributed by atoms with Crippen LogP contribution < -0.4 is 4.90 Å². The van der Waals surface area contributed by atoms with Crippen LogP contribution in [0.25, 0.3) is 11.4 Å². The molecule has 0 aliphatic carbocycles. The van der Waals surface area contributed by atoms with Crippen LogP contribution in [0.1, 0.15) is 22.4 Å². The maximum atomic E-state index is 13.3. The van der Waals surface area contributed by atoms with E-state index in [-0.39, 0.29) is 4.90 Å². The van der Waals surface area contributed by atoms with Crippen LogP contribution >= 0.6 is 0 Å². The fraction of sp³-hybridized carbons (Fsp3) is 0.241. The van der Waals surface area contributed by atoms with E-state index in [1.807, 2.05) is 56.3 Å². The van der Waals surface area contributed by atoms with Crippen LogP contribution in [-0.4, -0.2) is 48.9 Å². The molecule has 1 fully saturated rings. The maximum absolute atomic E-state index is 13.3. The molecule has 1 aromatic heterocycles. The number of anilines is 1. The molecular weight excluding hydrogens is 487 g/mol. The van der Waals surface area contributed by atoms with Crippen LogP contribution in [-0.2, 0) is 16.4 Å². The molecule has 1 aliphatic rings. The summed E-state index contributed by atoms with van der Waals surface area (Å²) >= 11 is 0. The monoisotopic (exact) mass is 516 g/mol. The van der Waals surface area contributed by atoms with E-state index in [1.165, 1.54) is 34.1 Å². The van der Waals surface area contributed by atoms with E-state index in [4.69, 9.17) is 9.97 Å². The van der Waals surface area contributed by atoms with Gasteiger partial charge in [0.05, 0.1) is 4.90 Å². The van der Waals surface area contributed by atoms with Gasteiger partial charge < -0.3 is 4.90 Å². The molecule has 0 spiro atoms. The predicted molar refractivity (Wildman–Crippen MR) is 144 cm³/mol. The molecule has 0 N–H and O–H groups in total. The molecule has 1 aliphatic heterocycles. The fourth-order valence-electron chi connectivity index (χ4n) is 4.58. The quantitative estimate of drug-likeness (QED) is 0.361. The first-order valence-corrected chi connectivity index (χ1v) is 13.7. The van der Waals surface area contributed by atoms with Crippen LogP contribution in [0.3, 0.4) is 0 Å². The Bertz CT molecular complexity index is 1480. The third-order valence-electron chi connectivity index (χ3n) is 6.72. The van der Waals surface area contributed by atoms with E-state index >= 15 is 0 Å². The zero-order chi connectivity index (χ0) is 26.0. The fourth-order valence-corrected chi connectivity index (χ4v) is 6.00. The minimum Gasteiger partial charge on any atom is -0.354 e. The van der Waals surface area contributed by atoms with Crippen LogP contribution in [0.4, 0.5) is 10.2 Å². The van der Waals surface area contributed by atoms with Gasteiger partial charge in [-0.25, -0.2) is 22.8 Å². The zero-order valence-electron chi connectivity index (χ0n) is 20.9. The van der Waals surface area contributed by atoms with Crippen LogP contribution in [0, 0.1) is 19.7 Å². The molecule has 0 bridgehead atoms. The number of piperazine rings is 1. The minimum atomic E-state index is -3.70. The average Bonchev–Trinajstić information content (AvgIpc) is 2.91. The molecule has 5 rings (SSSR count). The standard InChI is InChI=1S/C29H29FN4O2S/c1-21-8-10-24(11-9-21)28-31-22(2)27(20-23-6-4-3-5-7-23)29(32-28)33-16-18-34(19-17-33)37(35,36)26-14-12-25(30)13-15-26/h3-15H,16-20H2,1-2H3. The Labute approximate surface area is 217 Å². The van der Waals surface area contributed by atoms with Crippen molar-refractivity contribution < 1.29 is 12.8 Å². The Balaban J connectivity index is 1.46. The van der Waals surface area contributed by atoms with Crippen molar-refractivity contribution >= 4 is 15.8 Å². The highest BCUT2D eigenvalue weighted by Crippen LogP contribution is 2.29. The number of nitrogens with zero attached hydrogens (tertiary/aromatic N) is 4. The maximum Gasteiger partial charge on any atom is 0.243 e. The van der Waals surface area contributed by atoms with Crippen LogP contribution in [0.5, 0.6) is 0 Å². The topological polar surface area (TPSA) is 66.4 Å². The number of aryl methyl sites for hydroxylation is 2. The Hall–Kier alpha value is -3.62. The highest BCUT2D eigenvalue weighted by atomic mass is 32.2. The van der Waals surface area contributed by atoms with E-state index < -0.39 is 15.8 Å². The summed E-state index contributed by atoms with van der Waals surface area (Å²) in [5.41, 5.74) is 5.22. The van der Waals surface area contributed by atoms with Crippen molar-refractivity contribution in [2.24, 2.45) is 0 Å². The number of hydrogen-bond acceptors (Lipinski definition) is 5. The smallest absolute Gasteiger partial charge is 0.243 e. The van der Waals surface area contributed by atoms with Crippen molar-refractivity contribution in [2.75, 3.05) is 31.1 Å². The average molecular weight is 517 g/mol. The van der Waals surface area contributed by atoms with Crippen molar-refractivity contribution in [3.63, 3.8) is 0 Å². The van der Waals surface area contributed by atoms with Gasteiger partial charge in [0.15, 0.2) is 5.82 Å². The first-order valence-electron chi connectivity index (χ1n) is 12.3. The summed E-state index contributed by atoms with van der Waals surface area (Å²) in [5, 5.41) is 0. The van der Waals surface area contributed by atoms with Crippen molar-refractivity contribution in [2.45, 2.75) is 25.2 Å². The van der Waals surface area contributed by atoms with E-state index in [0.29, 0.717) is 38.4 Å². The molecule has 3 aromatic carbocycles. The normalized spacial score (nSPS) is 14.6. The van der Waals surface area contributed by atoms with Gasteiger partial charge in [-0.05, 0) is 43.7 Å². The molecule has 6 nitrogen and oxygen atoms in total. The molecule has 0 radical (unpaired) electrons. The summed E-state index contributed by atoms with van der Waals surface area (Å²) < 4.78 is 41.1. The Morgan fingerprint density at radius 3 is 2.11 bits per heavy atom. The number of hydrogen-bond donors (Lipinski definition) is 0. The van der Waals surface area contributed by atoms with Gasteiger partial charge in [-0.1, -0.05) is 60.2 Å². The lowest BCUT2D eigenvalue weighted by molar-refractivity contribution is 0.383. The molecule has 37 heavy (non-hydrogen) atoms. The van der Waals surface area contributed by atoms with Gasteiger partial charge in [0, 0.05) is 49.4 Å². The number of rotatable bonds is 6. The lowest BCUT2D eigenvalue weighted by Crippen LogP contribution is -2.49. The molecule has 190 valence electrons. The summed E-state index contributed by atoms with van der Waals surface area (Å²) in [6.07, 6.45) is 0.685. The minimum absolute atomic E-state index is 0.103. The second-order valence-electron chi connectivity index (χ2n) is 9.31. The lowest BCUT2D eigenvalue weighted by Gasteiger charge is -2.36. The second-order valence-corrected chi connectivity index (χ2v) is 11.2. The molecule has 1 saturated heterocycles. The largest absolute Gasteiger partial charge is 0.354 e. The van der Waals surface area contributed by atoms with E-state index in [9.17, 15) is 12.8 Å². The summed E-state index contributed by atoms with van der Waals surface area (Å²) in [6, 6.07) is 23.3. The van der Waals surface area contributed by atoms with E-state index in [0.717, 1.165) is 28.2 Å². The van der Waals surface area contributed by atoms with Crippen molar-refractivity contribution in [3.05, 3.63) is 107 Å². The van der Waals surface area contributed by atoms with Crippen LogP contribution in [0.2, 0.25) is 0 Å². The predicted octanol–water partition coefficient (Wildman–Crippen LogP) is 5.00. The van der Waals surface area contributed by atoms with Gasteiger partial charge in [-0.3, -0.25) is 0 Å². The Kier molecular flexibility index (Phi) is 7.04. The Morgan fingerprint density at radius 2 is 1.46 bits per heavy atom. The van der Waals surface area contributed by atoms with Gasteiger partial charge in [0.25, 0.3) is 0 Å². The highest BCUT2D eigenvalue weighted by Gasteiger charge is 2.30. The number of halogens is 1. The SMILES string of the molecule is Cc1ccc(-c2nc(C)c(Cc3ccccc3)c(N3CCN(S(=O)(=O)c4ccc(F)cc4)CC3)n2)cc1. The number of aromatic nitrogens is 2. The van der Waals surface area contributed by atoms with Gasteiger partial charge in [-0.2, -0.15) is 4.31 Å². The second kappa shape index (κ2) is 10.4. The summed E-state index contributed by atoms with van der Waals surface area (Å²) in [6.45, 7) is 5.67. The molecule has 8 heteroatoms. The molecule has 0 unspecified atom stereocenters. The zero-order valence-corrected chi connectivity index (χ0v) is 21.7. The van der Waals surface area contributed by atoms with Crippen molar-refractivity contribution in [3.8, 4) is 11.4 Å². The summed E-state index contributed by atoms with van der Waals surface area (Å²) in [7, 11) is -3.70. The van der Waals surface area contributed by atoms with E-state index in [2.05, 4.69) is 17.0 Å². The molecule has 0 amide bonds. The van der Waals surface area contributed by atoms with Gasteiger partial charge >= 0.3 is 0 Å². The first kappa shape index (κ1) is 25.0. The molecule has 4 aromatic rings. The van der Waals surface area contributed by atoms with Crippen molar-refractivity contribution in [1.82, 2.24) is 14.3 Å². The number of sulfonamides is 1. The third kappa shape index (κ3) is 5.40. The summed E-state index contributed by atoms with van der Waals surface area (Å²) in [4.78, 5) is 12.1. The Morgan fingerprint density at radius 1 is 0.811 bits per heavy atom. The van der Waals surface area contributed by atoms with Gasteiger partial charge in [0.1, 0.15) is 11.6 Å². The van der Waals surface area contributed by atoms with Crippen molar-refractivity contribution in [1.29, 1.82) is 0 Å². The van der Waals surface area contributed by atoms with Gasteiger partial charge in [0.2, 0.25) is 10.0 Å². The summed E-state index contributed by atoms with van der Waals surface area (Å²) in [5.74, 6) is 1.04. The lowest BCUT2D eigenvalue weighted by atomic mass is 10.0. The third-order valence-corrected chi connectivity index (χ3v) is 8.63. The van der Waals surface area contributed by atoms with Crippen LogP contribution in [0.15, 0.2) is 83.8 Å². The first-order chi connectivity index (χ1) is 17.8. The highest BCUT2D eigenvalue weighted by molar-refractivity contribution is 7.89. The molecule has 0 saturated carbocycles. The molecule has 2 heterocycles. The van der Waals surface area contributed by atoms with E-state index in [1.54, 1.807) is 0 Å².